The smallest absolute Gasteiger partial charge is 0.264 e. The zero-order valence-electron chi connectivity index (χ0n) is 21.2. The number of likely N-dealkylation sites (N-methyl/N-ethyl adjacent to an activating group) is 1. The van der Waals surface area contributed by atoms with Crippen molar-refractivity contribution in [3.8, 4) is 5.75 Å². The van der Waals surface area contributed by atoms with E-state index in [0.717, 1.165) is 4.31 Å². The first-order chi connectivity index (χ1) is 18.1. The van der Waals surface area contributed by atoms with Gasteiger partial charge < -0.3 is 15.0 Å². The molecule has 8 nitrogen and oxygen atoms in total. The number of methoxy groups -OCH3 is 1. The molecule has 0 heterocycles. The highest BCUT2D eigenvalue weighted by atomic mass is 35.5. The van der Waals surface area contributed by atoms with Gasteiger partial charge in [0, 0.05) is 23.1 Å². The standard InChI is InChI=1S/C27H29Cl2N3O5S/c1-4-30-27(34)19(2)31(17-20-9-8-10-21(28)15-20)26(33)18-32(24-16-22(29)13-14-25(24)37-3)38(35,36)23-11-6-5-7-12-23/h5-16,19H,4,17-18H2,1-3H3,(H,30,34)/t19-/m0/s1. The van der Waals surface area contributed by atoms with E-state index in [-0.39, 0.29) is 33.8 Å². The van der Waals surface area contributed by atoms with Gasteiger partial charge in [-0.2, -0.15) is 0 Å². The van der Waals surface area contributed by atoms with Gasteiger partial charge in [-0.15, -0.1) is 0 Å². The van der Waals surface area contributed by atoms with E-state index in [1.165, 1.54) is 36.3 Å². The van der Waals surface area contributed by atoms with E-state index in [4.69, 9.17) is 27.9 Å². The molecule has 202 valence electrons. The third-order valence-corrected chi connectivity index (χ3v) is 8.02. The number of amides is 2. The maximum atomic E-state index is 13.9. The number of hydrogen-bond acceptors (Lipinski definition) is 5. The summed E-state index contributed by atoms with van der Waals surface area (Å²) >= 11 is 12.4. The van der Waals surface area contributed by atoms with Crippen molar-refractivity contribution in [2.24, 2.45) is 0 Å². The van der Waals surface area contributed by atoms with Gasteiger partial charge in [-0.05, 0) is 61.9 Å². The number of benzene rings is 3. The largest absolute Gasteiger partial charge is 0.495 e. The van der Waals surface area contributed by atoms with Crippen molar-refractivity contribution in [2.45, 2.75) is 31.3 Å². The van der Waals surface area contributed by atoms with Gasteiger partial charge in [0.15, 0.2) is 0 Å². The zero-order valence-corrected chi connectivity index (χ0v) is 23.6. The molecule has 0 aliphatic heterocycles. The summed E-state index contributed by atoms with van der Waals surface area (Å²) in [6, 6.07) is 18.2. The van der Waals surface area contributed by atoms with Gasteiger partial charge in [0.25, 0.3) is 10.0 Å². The molecular weight excluding hydrogens is 549 g/mol. The van der Waals surface area contributed by atoms with E-state index < -0.39 is 28.5 Å². The molecule has 3 aromatic rings. The number of nitrogens with zero attached hydrogens (tertiary/aromatic N) is 2. The second kappa shape index (κ2) is 13.0. The normalized spacial score (nSPS) is 11.9. The highest BCUT2D eigenvalue weighted by Gasteiger charge is 2.33. The van der Waals surface area contributed by atoms with Crippen LogP contribution in [0.2, 0.25) is 10.0 Å². The lowest BCUT2D eigenvalue weighted by Gasteiger charge is -2.32. The van der Waals surface area contributed by atoms with Gasteiger partial charge in [-0.1, -0.05) is 53.5 Å². The minimum absolute atomic E-state index is 0.0204. The predicted octanol–water partition coefficient (Wildman–Crippen LogP) is 4.75. The molecule has 0 saturated carbocycles. The maximum absolute atomic E-state index is 13.9. The molecule has 1 atom stereocenters. The summed E-state index contributed by atoms with van der Waals surface area (Å²) in [5.74, 6) is -0.772. The summed E-state index contributed by atoms with van der Waals surface area (Å²) in [4.78, 5) is 27.9. The average Bonchev–Trinajstić information content (AvgIpc) is 2.90. The Bertz CT molecular complexity index is 1390. The van der Waals surface area contributed by atoms with Gasteiger partial charge in [0.05, 0.1) is 17.7 Å². The Morgan fingerprint density at radius 3 is 2.29 bits per heavy atom. The maximum Gasteiger partial charge on any atom is 0.264 e. The number of ether oxygens (including phenoxy) is 1. The summed E-state index contributed by atoms with van der Waals surface area (Å²) in [5.41, 5.74) is 0.769. The van der Waals surface area contributed by atoms with Crippen LogP contribution < -0.4 is 14.4 Å². The third kappa shape index (κ3) is 6.98. The Labute approximate surface area is 233 Å². The first-order valence-corrected chi connectivity index (χ1v) is 14.0. The average molecular weight is 579 g/mol. The molecule has 1 N–H and O–H groups in total. The van der Waals surface area contributed by atoms with Crippen LogP contribution in [0.15, 0.2) is 77.7 Å². The molecule has 0 aromatic heterocycles. The van der Waals surface area contributed by atoms with Gasteiger partial charge >= 0.3 is 0 Å². The van der Waals surface area contributed by atoms with Gasteiger partial charge in [-0.3, -0.25) is 13.9 Å². The molecule has 0 bridgehead atoms. The van der Waals surface area contributed by atoms with Crippen molar-refractivity contribution in [2.75, 3.05) is 24.5 Å². The van der Waals surface area contributed by atoms with Crippen LogP contribution in [-0.2, 0) is 26.2 Å². The Balaban J connectivity index is 2.09. The highest BCUT2D eigenvalue weighted by molar-refractivity contribution is 7.92. The van der Waals surface area contributed by atoms with E-state index in [1.807, 2.05) is 0 Å². The van der Waals surface area contributed by atoms with Gasteiger partial charge in [0.1, 0.15) is 18.3 Å². The fourth-order valence-electron chi connectivity index (χ4n) is 3.83. The van der Waals surface area contributed by atoms with Crippen LogP contribution >= 0.6 is 23.2 Å². The van der Waals surface area contributed by atoms with Crippen LogP contribution in [-0.4, -0.2) is 51.4 Å². The van der Waals surface area contributed by atoms with Gasteiger partial charge in [0.2, 0.25) is 11.8 Å². The summed E-state index contributed by atoms with van der Waals surface area (Å²) in [6.07, 6.45) is 0. The first kappa shape index (κ1) is 29.3. The fourth-order valence-corrected chi connectivity index (χ4v) is 5.64. The Kier molecular flexibility index (Phi) is 10.0. The van der Waals surface area contributed by atoms with Crippen molar-refractivity contribution >= 4 is 50.7 Å². The molecule has 11 heteroatoms. The molecule has 38 heavy (non-hydrogen) atoms. The zero-order chi connectivity index (χ0) is 27.9. The molecule has 0 fully saturated rings. The number of nitrogens with one attached hydrogen (secondary N) is 1. The molecular formula is C27H29Cl2N3O5S. The van der Waals surface area contributed by atoms with Crippen molar-refractivity contribution < 1.29 is 22.7 Å². The Morgan fingerprint density at radius 2 is 1.66 bits per heavy atom. The molecule has 0 spiro atoms. The number of halogens is 2. The third-order valence-electron chi connectivity index (χ3n) is 5.78. The monoisotopic (exact) mass is 577 g/mol. The fraction of sp³-hybridized carbons (Fsp3) is 0.259. The minimum atomic E-state index is -4.24. The number of sulfonamides is 1. The molecule has 2 amide bonds. The molecule has 0 radical (unpaired) electrons. The summed E-state index contributed by atoms with van der Waals surface area (Å²) in [5, 5.41) is 3.44. The molecule has 0 aliphatic rings. The van der Waals surface area contributed by atoms with Crippen LogP contribution in [0.1, 0.15) is 19.4 Å². The summed E-state index contributed by atoms with van der Waals surface area (Å²) < 4.78 is 34.0. The van der Waals surface area contributed by atoms with Crippen molar-refractivity contribution in [1.82, 2.24) is 10.2 Å². The number of rotatable bonds is 11. The summed E-state index contributed by atoms with van der Waals surface area (Å²) in [6.45, 7) is 3.15. The second-order valence-electron chi connectivity index (χ2n) is 8.36. The number of hydrogen-bond donors (Lipinski definition) is 1. The van der Waals surface area contributed by atoms with Crippen molar-refractivity contribution in [3.05, 3.63) is 88.4 Å². The van der Waals surface area contributed by atoms with Crippen LogP contribution in [0.4, 0.5) is 5.69 Å². The number of carbonyl (C=O) groups is 2. The lowest BCUT2D eigenvalue weighted by molar-refractivity contribution is -0.139. The molecule has 0 saturated heterocycles. The van der Waals surface area contributed by atoms with Gasteiger partial charge in [-0.25, -0.2) is 8.42 Å². The van der Waals surface area contributed by atoms with Crippen molar-refractivity contribution in [1.29, 1.82) is 0 Å². The first-order valence-electron chi connectivity index (χ1n) is 11.8. The Morgan fingerprint density at radius 1 is 0.974 bits per heavy atom. The quantitative estimate of drug-likeness (QED) is 0.354. The van der Waals surface area contributed by atoms with Crippen molar-refractivity contribution in [3.63, 3.8) is 0 Å². The molecule has 3 rings (SSSR count). The predicted molar refractivity (Wildman–Crippen MR) is 149 cm³/mol. The van der Waals surface area contributed by atoms with E-state index in [2.05, 4.69) is 5.32 Å². The highest BCUT2D eigenvalue weighted by Crippen LogP contribution is 2.35. The van der Waals surface area contributed by atoms with E-state index in [0.29, 0.717) is 17.1 Å². The lowest BCUT2D eigenvalue weighted by atomic mass is 10.1. The van der Waals surface area contributed by atoms with Crippen LogP contribution in [0.25, 0.3) is 0 Å². The Hall–Kier alpha value is -3.27. The van der Waals surface area contributed by atoms with E-state index in [9.17, 15) is 18.0 Å². The van der Waals surface area contributed by atoms with Crippen LogP contribution in [0.3, 0.4) is 0 Å². The molecule has 3 aromatic carbocycles. The van der Waals surface area contributed by atoms with Crippen LogP contribution in [0, 0.1) is 0 Å². The summed E-state index contributed by atoms with van der Waals surface area (Å²) in [7, 11) is -2.85. The second-order valence-corrected chi connectivity index (χ2v) is 11.1. The van der Waals surface area contributed by atoms with E-state index >= 15 is 0 Å². The topological polar surface area (TPSA) is 96.0 Å². The molecule has 0 unspecified atom stereocenters. The lowest BCUT2D eigenvalue weighted by Crippen LogP contribution is -2.51. The van der Waals surface area contributed by atoms with E-state index in [1.54, 1.807) is 62.4 Å². The minimum Gasteiger partial charge on any atom is -0.495 e. The molecule has 0 aliphatic carbocycles. The SMILES string of the molecule is CCNC(=O)[C@H](C)N(Cc1cccc(Cl)c1)C(=O)CN(c1cc(Cl)ccc1OC)S(=O)(=O)c1ccccc1. The van der Waals surface area contributed by atoms with Crippen LogP contribution in [0.5, 0.6) is 5.75 Å². The number of anilines is 1. The number of carbonyl (C=O) groups excluding carboxylic acids is 2.